The van der Waals surface area contributed by atoms with Gasteiger partial charge in [0, 0.05) is 5.69 Å². The van der Waals surface area contributed by atoms with Crippen LogP contribution in [0.25, 0.3) is 10.8 Å². The van der Waals surface area contributed by atoms with Crippen LogP contribution in [0.2, 0.25) is 0 Å². The molecule has 3 aromatic rings. The van der Waals surface area contributed by atoms with Gasteiger partial charge in [0.25, 0.3) is 5.91 Å². The van der Waals surface area contributed by atoms with Crippen LogP contribution < -0.4 is 10.1 Å². The SMILES string of the molecule is COc1c(C(=O)Nc2cccc(C)c2C)cc2ccccc2c1Br. The summed E-state index contributed by atoms with van der Waals surface area (Å²) < 4.78 is 6.28. The Morgan fingerprint density at radius 1 is 1.08 bits per heavy atom. The van der Waals surface area contributed by atoms with Crippen LogP contribution in [0, 0.1) is 13.8 Å². The molecule has 0 aliphatic rings. The van der Waals surface area contributed by atoms with Gasteiger partial charge in [0.05, 0.1) is 17.1 Å². The Bertz CT molecular complexity index is 934. The summed E-state index contributed by atoms with van der Waals surface area (Å²) in [6.45, 7) is 4.02. The minimum absolute atomic E-state index is 0.188. The van der Waals surface area contributed by atoms with E-state index in [9.17, 15) is 4.79 Å². The molecule has 0 heterocycles. The van der Waals surface area contributed by atoms with E-state index in [-0.39, 0.29) is 5.91 Å². The van der Waals surface area contributed by atoms with E-state index in [1.54, 1.807) is 7.11 Å². The first kappa shape index (κ1) is 16.5. The van der Waals surface area contributed by atoms with Crippen molar-refractivity contribution in [2.24, 2.45) is 0 Å². The molecule has 0 spiro atoms. The molecule has 0 fully saturated rings. The highest BCUT2D eigenvalue weighted by Gasteiger charge is 2.18. The van der Waals surface area contributed by atoms with E-state index < -0.39 is 0 Å². The van der Waals surface area contributed by atoms with Crippen molar-refractivity contribution in [2.75, 3.05) is 12.4 Å². The number of carbonyl (C=O) groups is 1. The molecule has 4 heteroatoms. The highest BCUT2D eigenvalue weighted by molar-refractivity contribution is 9.10. The van der Waals surface area contributed by atoms with Crippen LogP contribution in [0.1, 0.15) is 21.5 Å². The van der Waals surface area contributed by atoms with Crippen molar-refractivity contribution in [2.45, 2.75) is 13.8 Å². The molecule has 0 aromatic heterocycles. The molecule has 24 heavy (non-hydrogen) atoms. The van der Waals surface area contributed by atoms with Gasteiger partial charge >= 0.3 is 0 Å². The fraction of sp³-hybridized carbons (Fsp3) is 0.150. The van der Waals surface area contributed by atoms with Gasteiger partial charge in [0.2, 0.25) is 0 Å². The second-order valence-corrected chi connectivity index (χ2v) is 6.49. The lowest BCUT2D eigenvalue weighted by Crippen LogP contribution is -2.14. The normalized spacial score (nSPS) is 10.7. The number of anilines is 1. The van der Waals surface area contributed by atoms with Crippen molar-refractivity contribution in [1.82, 2.24) is 0 Å². The summed E-state index contributed by atoms with van der Waals surface area (Å²) in [5.41, 5.74) is 3.51. The van der Waals surface area contributed by atoms with E-state index in [0.29, 0.717) is 11.3 Å². The van der Waals surface area contributed by atoms with Crippen molar-refractivity contribution in [3.05, 3.63) is 69.7 Å². The van der Waals surface area contributed by atoms with E-state index in [0.717, 1.165) is 32.1 Å². The number of hydrogen-bond donors (Lipinski definition) is 1. The van der Waals surface area contributed by atoms with Crippen LogP contribution in [0.4, 0.5) is 5.69 Å². The third-order valence-electron chi connectivity index (χ3n) is 4.24. The molecule has 0 aliphatic carbocycles. The Morgan fingerprint density at radius 3 is 2.58 bits per heavy atom. The van der Waals surface area contributed by atoms with Crippen molar-refractivity contribution in [3.8, 4) is 5.75 Å². The quantitative estimate of drug-likeness (QED) is 0.649. The van der Waals surface area contributed by atoms with E-state index >= 15 is 0 Å². The zero-order valence-corrected chi connectivity index (χ0v) is 15.4. The number of nitrogens with one attached hydrogen (secondary N) is 1. The van der Waals surface area contributed by atoms with E-state index in [1.165, 1.54) is 0 Å². The number of ether oxygens (including phenoxy) is 1. The third-order valence-corrected chi connectivity index (χ3v) is 5.03. The molecule has 0 aliphatic heterocycles. The Balaban J connectivity index is 2.08. The minimum Gasteiger partial charge on any atom is -0.495 e. The molecule has 0 atom stereocenters. The average molecular weight is 384 g/mol. The fourth-order valence-corrected chi connectivity index (χ4v) is 3.47. The monoisotopic (exact) mass is 383 g/mol. The highest BCUT2D eigenvalue weighted by Crippen LogP contribution is 2.37. The standard InChI is InChI=1S/C20H18BrNO2/c1-12-7-6-10-17(13(12)2)22-20(23)16-11-14-8-4-5-9-15(14)18(21)19(16)24-3/h4-11H,1-3H3,(H,22,23). The van der Waals surface area contributed by atoms with Crippen LogP contribution in [-0.2, 0) is 0 Å². The molecule has 3 nitrogen and oxygen atoms in total. The minimum atomic E-state index is -0.188. The lowest BCUT2D eigenvalue weighted by Gasteiger charge is -2.15. The number of halogens is 1. The smallest absolute Gasteiger partial charge is 0.259 e. The number of carbonyl (C=O) groups excluding carboxylic acids is 1. The van der Waals surface area contributed by atoms with E-state index in [2.05, 4.69) is 21.2 Å². The summed E-state index contributed by atoms with van der Waals surface area (Å²) >= 11 is 3.57. The summed E-state index contributed by atoms with van der Waals surface area (Å²) in [6, 6.07) is 15.6. The second kappa shape index (κ2) is 6.65. The molecule has 1 N–H and O–H groups in total. The number of methoxy groups -OCH3 is 1. The molecule has 0 radical (unpaired) electrons. The number of rotatable bonds is 3. The molecule has 0 bridgehead atoms. The van der Waals surface area contributed by atoms with Gasteiger partial charge in [0.15, 0.2) is 0 Å². The van der Waals surface area contributed by atoms with Gasteiger partial charge in [-0.3, -0.25) is 4.79 Å². The molecule has 122 valence electrons. The first-order chi connectivity index (χ1) is 11.5. The van der Waals surface area contributed by atoms with Gasteiger partial charge in [-0.25, -0.2) is 0 Å². The van der Waals surface area contributed by atoms with Crippen molar-refractivity contribution in [1.29, 1.82) is 0 Å². The lowest BCUT2D eigenvalue weighted by atomic mass is 10.0. The lowest BCUT2D eigenvalue weighted by molar-refractivity contribution is 0.102. The number of amides is 1. The third kappa shape index (κ3) is 2.89. The topological polar surface area (TPSA) is 38.3 Å². The van der Waals surface area contributed by atoms with Gasteiger partial charge in [-0.05, 0) is 63.8 Å². The first-order valence-corrected chi connectivity index (χ1v) is 8.45. The van der Waals surface area contributed by atoms with Gasteiger partial charge < -0.3 is 10.1 Å². The Labute approximate surface area is 149 Å². The van der Waals surface area contributed by atoms with Crippen LogP contribution in [0.15, 0.2) is 53.0 Å². The summed E-state index contributed by atoms with van der Waals surface area (Å²) in [6.07, 6.45) is 0. The summed E-state index contributed by atoms with van der Waals surface area (Å²) in [5.74, 6) is 0.350. The molecule has 0 saturated heterocycles. The molecular weight excluding hydrogens is 366 g/mol. The number of hydrogen-bond acceptors (Lipinski definition) is 2. The number of aryl methyl sites for hydroxylation is 1. The maximum atomic E-state index is 12.8. The maximum Gasteiger partial charge on any atom is 0.259 e. The zero-order chi connectivity index (χ0) is 17.3. The van der Waals surface area contributed by atoms with Crippen LogP contribution in [-0.4, -0.2) is 13.0 Å². The zero-order valence-electron chi connectivity index (χ0n) is 13.8. The maximum absolute atomic E-state index is 12.8. The largest absolute Gasteiger partial charge is 0.495 e. The summed E-state index contributed by atoms with van der Waals surface area (Å²) in [4.78, 5) is 12.8. The van der Waals surface area contributed by atoms with E-state index in [4.69, 9.17) is 4.74 Å². The molecular formula is C20H18BrNO2. The van der Waals surface area contributed by atoms with Crippen molar-refractivity contribution >= 4 is 38.3 Å². The number of benzene rings is 3. The van der Waals surface area contributed by atoms with Crippen LogP contribution in [0.3, 0.4) is 0 Å². The molecule has 0 unspecified atom stereocenters. The predicted octanol–water partition coefficient (Wildman–Crippen LogP) is 5.48. The van der Waals surface area contributed by atoms with Gasteiger partial charge in [0.1, 0.15) is 5.75 Å². The predicted molar refractivity (Wildman–Crippen MR) is 102 cm³/mol. The van der Waals surface area contributed by atoms with Crippen molar-refractivity contribution < 1.29 is 9.53 Å². The molecule has 3 aromatic carbocycles. The first-order valence-electron chi connectivity index (χ1n) is 7.65. The fourth-order valence-electron chi connectivity index (χ4n) is 2.73. The van der Waals surface area contributed by atoms with Gasteiger partial charge in [-0.15, -0.1) is 0 Å². The average Bonchev–Trinajstić information content (AvgIpc) is 2.59. The Kier molecular flexibility index (Phi) is 4.58. The highest BCUT2D eigenvalue weighted by atomic mass is 79.9. The molecule has 0 saturated carbocycles. The van der Waals surface area contributed by atoms with Crippen LogP contribution in [0.5, 0.6) is 5.75 Å². The van der Waals surface area contributed by atoms with Crippen LogP contribution >= 0.6 is 15.9 Å². The Hall–Kier alpha value is -2.33. The number of fused-ring (bicyclic) bond motifs is 1. The molecule has 1 amide bonds. The van der Waals surface area contributed by atoms with E-state index in [1.807, 2.05) is 62.4 Å². The van der Waals surface area contributed by atoms with Gasteiger partial charge in [-0.2, -0.15) is 0 Å². The second-order valence-electron chi connectivity index (χ2n) is 5.69. The van der Waals surface area contributed by atoms with Crippen molar-refractivity contribution in [3.63, 3.8) is 0 Å². The summed E-state index contributed by atoms with van der Waals surface area (Å²) in [7, 11) is 1.57. The summed E-state index contributed by atoms with van der Waals surface area (Å²) in [5, 5.41) is 4.99. The molecule has 3 rings (SSSR count). The Morgan fingerprint density at radius 2 is 1.83 bits per heavy atom. The van der Waals surface area contributed by atoms with Gasteiger partial charge in [-0.1, -0.05) is 36.4 Å².